The fourth-order valence-corrected chi connectivity index (χ4v) is 9.62. The molecule has 3 aromatic rings. The Morgan fingerprint density at radius 1 is 1.21 bits per heavy atom. The first-order valence-electron chi connectivity index (χ1n) is 14.9. The van der Waals surface area contributed by atoms with Gasteiger partial charge in [0.25, 0.3) is 5.56 Å². The van der Waals surface area contributed by atoms with E-state index in [-0.39, 0.29) is 34.9 Å². The topological polar surface area (TPSA) is 316 Å². The van der Waals surface area contributed by atoms with Crippen LogP contribution in [-0.4, -0.2) is 96.7 Å². The highest BCUT2D eigenvalue weighted by atomic mass is 31.3. The van der Waals surface area contributed by atoms with Gasteiger partial charge in [-0.3, -0.25) is 23.7 Å². The fraction of sp³-hybridized carbons (Fsp3) is 0.375. The van der Waals surface area contributed by atoms with Gasteiger partial charge in [-0.05, 0) is 31.2 Å². The highest BCUT2D eigenvalue weighted by molar-refractivity contribution is 7.70. The van der Waals surface area contributed by atoms with Gasteiger partial charge < -0.3 is 57.5 Å². The molecule has 3 aromatic heterocycles. The lowest BCUT2D eigenvalue weighted by Crippen LogP contribution is -2.50. The zero-order valence-corrected chi connectivity index (χ0v) is 29.4. The summed E-state index contributed by atoms with van der Waals surface area (Å²) in [5.41, 5.74) is 6.12. The molecule has 1 fully saturated rings. The Balaban J connectivity index is 1.22. The van der Waals surface area contributed by atoms with Gasteiger partial charge in [-0.2, -0.15) is 9.29 Å². The minimum atomic E-state index is -5.63. The Morgan fingerprint density at radius 3 is 2.62 bits per heavy atom. The van der Waals surface area contributed by atoms with Crippen molar-refractivity contribution in [3.63, 3.8) is 0 Å². The van der Waals surface area contributed by atoms with Crippen LogP contribution in [0.2, 0.25) is 0 Å². The van der Waals surface area contributed by atoms with Crippen molar-refractivity contribution in [2.24, 2.45) is 0 Å². The highest BCUT2D eigenvalue weighted by Crippen LogP contribution is 2.61. The number of aliphatic hydroxyl groups is 1. The molecule has 0 spiro atoms. The van der Waals surface area contributed by atoms with Crippen LogP contribution in [-0.2, 0) is 36.8 Å². The maximum absolute atomic E-state index is 15.8. The number of carbonyl (C=O) groups excluding carboxylic acids is 1. The number of nitrogens with one attached hydrogen (secondary N) is 2. The number of aromatic amines is 1. The lowest BCUT2D eigenvalue weighted by molar-refractivity contribution is -0.362. The second kappa shape index (κ2) is 13.3. The van der Waals surface area contributed by atoms with E-state index in [1.54, 1.807) is 26.0 Å². The van der Waals surface area contributed by atoms with Crippen LogP contribution in [0.3, 0.4) is 0 Å². The number of carbonyl (C=O) groups is 1. The van der Waals surface area contributed by atoms with E-state index in [0.717, 1.165) is 24.7 Å². The average Bonchev–Trinajstić information content (AvgIpc) is 3.74. The zero-order valence-electron chi connectivity index (χ0n) is 26.7. The molecule has 6 atom stereocenters. The summed E-state index contributed by atoms with van der Waals surface area (Å²) in [7, 11) is -16.7. The Kier molecular flexibility index (Phi) is 9.74. The molecule has 0 radical (unpaired) electrons. The number of aliphatic hydroxyl groups excluding tert-OH is 1. The predicted molar refractivity (Wildman–Crippen MR) is 173 cm³/mol. The van der Waals surface area contributed by atoms with Gasteiger partial charge in [0.1, 0.15) is 17.9 Å². The van der Waals surface area contributed by atoms with Crippen LogP contribution >= 0.6 is 23.3 Å². The number of phosphoric ester groups is 1. The van der Waals surface area contributed by atoms with Gasteiger partial charge in [0.15, 0.2) is 29.2 Å². The van der Waals surface area contributed by atoms with E-state index in [4.69, 9.17) is 25.0 Å². The molecule has 0 amide bonds. The predicted octanol–water partition coefficient (Wildman–Crippen LogP) is 0.287. The quantitative estimate of drug-likeness (QED) is 0.0693. The summed E-state index contributed by atoms with van der Waals surface area (Å²) < 4.78 is 89.6. The number of ether oxygens (including phenoxy) is 2. The number of rotatable bonds is 12. The van der Waals surface area contributed by atoms with Crippen LogP contribution in [0.25, 0.3) is 17.2 Å². The van der Waals surface area contributed by atoms with Gasteiger partial charge >= 0.3 is 36.3 Å². The van der Waals surface area contributed by atoms with Crippen LogP contribution in [0.15, 0.2) is 35.0 Å². The van der Waals surface area contributed by atoms with E-state index in [2.05, 4.69) is 23.8 Å². The molecule has 282 valence electrons. The number of H-pyrrole nitrogens is 1. The fourth-order valence-electron chi connectivity index (χ4n) is 6.19. The molecule has 22 nitrogen and oxygen atoms in total. The Hall–Kier alpha value is -3.70. The van der Waals surface area contributed by atoms with E-state index in [1.807, 2.05) is 0 Å². The average molecular weight is 796 g/mol. The monoisotopic (exact) mass is 796 g/mol. The molecule has 6 rings (SSSR count). The number of imidazole rings is 1. The van der Waals surface area contributed by atoms with Crippen molar-refractivity contribution in [3.05, 3.63) is 57.5 Å². The number of anilines is 1. The number of phosphoric acid groups is 1. The molecule has 1 saturated heterocycles. The number of aryl methyl sites for hydroxylation is 2. The SMILES string of the molecule is Cc1cc(C)n2c1C=C1C=CC(CCC(=O)O[C@@H]3[C@H](O)[C@@H](COP(=O)(O)OP(=O)(O)NP(=O)(O)O)O[C@H]3n3cnc4c(=O)[nH]c(N)nc43)=[N+]1[B-]2(F)F. The van der Waals surface area contributed by atoms with E-state index < -0.39 is 79.4 Å². The first-order valence-corrected chi connectivity index (χ1v) is 19.6. The number of halogens is 2. The largest absolute Gasteiger partial charge is 0.737 e. The van der Waals surface area contributed by atoms with Crippen molar-refractivity contribution >= 4 is 65.2 Å². The number of nitrogen functional groups attached to an aromatic ring is 1. The Bertz CT molecular complexity index is 2290. The first-order chi connectivity index (χ1) is 24.1. The number of nitrogens with two attached hydrogens (primary N) is 1. The summed E-state index contributed by atoms with van der Waals surface area (Å²) in [6.45, 7) is -2.18. The number of hydrogen-bond acceptors (Lipinski definition) is 13. The maximum atomic E-state index is 15.8. The number of esters is 1. The third-order valence-electron chi connectivity index (χ3n) is 8.17. The number of hydrogen-bond donors (Lipinski definition) is 8. The van der Waals surface area contributed by atoms with Crippen molar-refractivity contribution in [3.8, 4) is 0 Å². The molecule has 28 heteroatoms. The normalized spacial score (nSPS) is 24.8. The van der Waals surface area contributed by atoms with Crippen molar-refractivity contribution in [2.45, 2.75) is 51.2 Å². The van der Waals surface area contributed by atoms with Crippen molar-refractivity contribution in [1.82, 2.24) is 28.9 Å². The molecule has 9 N–H and O–H groups in total. The van der Waals surface area contributed by atoms with Crippen molar-refractivity contribution in [1.29, 1.82) is 0 Å². The minimum Gasteiger partial charge on any atom is -0.455 e. The summed E-state index contributed by atoms with van der Waals surface area (Å²) in [6, 6.07) is 1.64. The minimum absolute atomic E-state index is 0.100. The molecule has 0 aliphatic carbocycles. The Morgan fingerprint density at radius 2 is 1.92 bits per heavy atom. The van der Waals surface area contributed by atoms with E-state index in [9.17, 15) is 38.2 Å². The van der Waals surface area contributed by atoms with E-state index in [1.165, 1.54) is 12.2 Å². The second-order valence-electron chi connectivity index (χ2n) is 11.9. The van der Waals surface area contributed by atoms with Crippen LogP contribution < -0.4 is 16.2 Å². The zero-order chi connectivity index (χ0) is 38.1. The molecule has 0 aromatic carbocycles. The lowest BCUT2D eigenvalue weighted by Gasteiger charge is -2.30. The maximum Gasteiger partial charge on any atom is 0.737 e. The smallest absolute Gasteiger partial charge is 0.455 e. The molecule has 2 unspecified atom stereocenters. The molecule has 6 heterocycles. The third-order valence-corrected chi connectivity index (χ3v) is 12.4. The number of nitrogens with zero attached hydrogens (tertiary/aromatic N) is 5. The summed E-state index contributed by atoms with van der Waals surface area (Å²) >= 11 is 0. The number of aromatic nitrogens is 5. The molecule has 3 aliphatic heterocycles. The molecule has 0 bridgehead atoms. The third kappa shape index (κ3) is 7.40. The van der Waals surface area contributed by atoms with Gasteiger partial charge in [0, 0.05) is 30.3 Å². The van der Waals surface area contributed by atoms with Crippen LogP contribution in [0.5, 0.6) is 0 Å². The molecule has 52 heavy (non-hydrogen) atoms. The number of allylic oxidation sites excluding steroid dienone is 2. The van der Waals surface area contributed by atoms with Crippen LogP contribution in [0, 0.1) is 13.8 Å². The lowest BCUT2D eigenvalue weighted by atomic mass is 9.90. The van der Waals surface area contributed by atoms with E-state index in [0.29, 0.717) is 17.0 Å². The van der Waals surface area contributed by atoms with E-state index >= 15 is 8.63 Å². The van der Waals surface area contributed by atoms with Gasteiger partial charge in [0.05, 0.1) is 19.4 Å². The van der Waals surface area contributed by atoms with Crippen molar-refractivity contribution in [2.75, 3.05) is 12.3 Å². The summed E-state index contributed by atoms with van der Waals surface area (Å²) in [6.07, 6.45) is -2.09. The summed E-state index contributed by atoms with van der Waals surface area (Å²) in [4.78, 5) is 73.7. The van der Waals surface area contributed by atoms with Crippen molar-refractivity contribution < 1.29 is 74.6 Å². The second-order valence-corrected chi connectivity index (χ2v) is 16.6. The molecule has 0 saturated carbocycles. The molecule has 3 aliphatic rings. The van der Waals surface area contributed by atoms with Gasteiger partial charge in [-0.15, -0.1) is 4.86 Å². The summed E-state index contributed by atoms with van der Waals surface area (Å²) in [5.74, 6) is -1.37. The van der Waals surface area contributed by atoms with Crippen LogP contribution in [0.4, 0.5) is 14.6 Å². The van der Waals surface area contributed by atoms with Crippen LogP contribution in [0.1, 0.15) is 36.0 Å². The highest BCUT2D eigenvalue weighted by Gasteiger charge is 2.53. The number of fused-ring (bicyclic) bond motifs is 3. The standard InChI is InChI=1S/C24H30BF2N8O14P3/c1-11-7-12(2)34-15(11)8-14-4-3-13(35(14)25(34,26)27)5-6-17(36)48-20-19(37)16(9-46-52(44,45)49-51(42,43)32-50(39,40)41)47-23(20)33-10-29-18-21(33)30-24(28)31-22(18)38/h3-4,7-8,10,16,19-20,23,37H,5-6,9H2,1-2H3,(H,44,45)(H3,28,30,31,38)(H4,32,39,40,41,42,43)/t16-,19-,20-,23-/m1/s1. The molecular weight excluding hydrogens is 766 g/mol. The first kappa shape index (κ1) is 38.0. The van der Waals surface area contributed by atoms with Gasteiger partial charge in [-0.1, -0.05) is 0 Å². The van der Waals surface area contributed by atoms with Gasteiger partial charge in [0.2, 0.25) is 5.95 Å². The van der Waals surface area contributed by atoms with Gasteiger partial charge in [-0.25, -0.2) is 18.7 Å². The Labute approximate surface area is 289 Å². The summed E-state index contributed by atoms with van der Waals surface area (Å²) in [5, 5.41) is 11.2. The molecular formula is C24H30BF2N8O14P3.